The van der Waals surface area contributed by atoms with E-state index < -0.39 is 12.7 Å². The molecule has 1 N–H and O–H groups in total. The Hall–Kier alpha value is -1.15. The third-order valence-corrected chi connectivity index (χ3v) is 2.77. The Labute approximate surface area is 117 Å². The van der Waals surface area contributed by atoms with Gasteiger partial charge in [0, 0.05) is 25.3 Å². The minimum absolute atomic E-state index is 0.302. The molecule has 0 atom stereocenters. The molecule has 1 aromatic rings. The summed E-state index contributed by atoms with van der Waals surface area (Å²) in [6, 6.07) is 0.350. The topological polar surface area (TPSA) is 46.0 Å². The summed E-state index contributed by atoms with van der Waals surface area (Å²) < 4.78 is 38.5. The van der Waals surface area contributed by atoms with Gasteiger partial charge in [-0.2, -0.15) is 13.2 Å². The number of likely N-dealkylation sites (N-methyl/N-ethyl adjacent to an activating group) is 1. The van der Waals surface area contributed by atoms with Gasteiger partial charge in [-0.15, -0.1) is 5.10 Å². The van der Waals surface area contributed by atoms with Crippen LogP contribution in [0.5, 0.6) is 0 Å². The van der Waals surface area contributed by atoms with Crippen LogP contribution >= 0.6 is 0 Å². The predicted molar refractivity (Wildman–Crippen MR) is 70.2 cm³/mol. The van der Waals surface area contributed by atoms with Gasteiger partial charge in [0.05, 0.1) is 18.8 Å². The van der Waals surface area contributed by atoms with Crippen LogP contribution in [0, 0.1) is 0 Å². The van der Waals surface area contributed by atoms with Gasteiger partial charge in [0.25, 0.3) is 0 Å². The average Bonchev–Trinajstić information content (AvgIpc) is 2.78. The lowest BCUT2D eigenvalue weighted by Gasteiger charge is -2.21. The number of aromatic nitrogens is 3. The van der Waals surface area contributed by atoms with E-state index in [0.717, 1.165) is 5.69 Å². The summed E-state index contributed by atoms with van der Waals surface area (Å²) >= 11 is 0. The van der Waals surface area contributed by atoms with Crippen molar-refractivity contribution in [1.29, 1.82) is 0 Å². The summed E-state index contributed by atoms with van der Waals surface area (Å²) in [5, 5.41) is 11.1. The maximum Gasteiger partial charge on any atom is 0.401 e. The van der Waals surface area contributed by atoms with E-state index in [2.05, 4.69) is 15.6 Å². The number of halogens is 3. The third kappa shape index (κ3) is 6.85. The highest BCUT2D eigenvalue weighted by Crippen LogP contribution is 2.16. The number of nitrogens with zero attached hydrogens (tertiary/aromatic N) is 4. The van der Waals surface area contributed by atoms with Gasteiger partial charge >= 0.3 is 6.18 Å². The highest BCUT2D eigenvalue weighted by molar-refractivity contribution is 4.91. The van der Waals surface area contributed by atoms with E-state index in [-0.39, 0.29) is 0 Å². The second kappa shape index (κ2) is 7.58. The third-order valence-electron chi connectivity index (χ3n) is 2.77. The predicted octanol–water partition coefficient (Wildman–Crippen LogP) is 1.66. The molecule has 0 spiro atoms. The maximum absolute atomic E-state index is 12.3. The zero-order chi connectivity index (χ0) is 15.2. The Balaban J connectivity index is 2.40. The first-order valence-corrected chi connectivity index (χ1v) is 6.71. The van der Waals surface area contributed by atoms with Gasteiger partial charge in [-0.1, -0.05) is 26.0 Å². The normalized spacial score (nSPS) is 12.6. The molecule has 0 unspecified atom stereocenters. The van der Waals surface area contributed by atoms with E-state index >= 15 is 0 Å². The molecule has 1 aromatic heterocycles. The minimum Gasteiger partial charge on any atom is -0.309 e. The highest BCUT2D eigenvalue weighted by Gasteiger charge is 2.29. The van der Waals surface area contributed by atoms with Gasteiger partial charge in [-0.25, -0.2) is 0 Å². The number of alkyl halides is 3. The lowest BCUT2D eigenvalue weighted by Crippen LogP contribution is -2.36. The smallest absolute Gasteiger partial charge is 0.309 e. The molecule has 0 aliphatic rings. The van der Waals surface area contributed by atoms with Crippen molar-refractivity contribution in [3.63, 3.8) is 0 Å². The van der Waals surface area contributed by atoms with E-state index in [9.17, 15) is 13.2 Å². The van der Waals surface area contributed by atoms with Crippen molar-refractivity contribution in [2.45, 2.75) is 46.1 Å². The molecule has 5 nitrogen and oxygen atoms in total. The van der Waals surface area contributed by atoms with E-state index in [1.807, 2.05) is 13.8 Å². The van der Waals surface area contributed by atoms with Crippen LogP contribution in [-0.4, -0.2) is 51.7 Å². The Bertz CT molecular complexity index is 389. The van der Waals surface area contributed by atoms with Crippen LogP contribution in [0.3, 0.4) is 0 Å². The van der Waals surface area contributed by atoms with Gasteiger partial charge in [-0.05, 0) is 6.54 Å². The average molecular weight is 293 g/mol. The number of rotatable bonds is 8. The van der Waals surface area contributed by atoms with E-state index in [1.165, 1.54) is 4.90 Å². The maximum atomic E-state index is 12.3. The molecule has 0 radical (unpaired) electrons. The van der Waals surface area contributed by atoms with Gasteiger partial charge in [0.15, 0.2) is 0 Å². The summed E-state index contributed by atoms with van der Waals surface area (Å²) in [5.74, 6) is 0. The number of hydrogen-bond donors (Lipinski definition) is 1. The molecule has 1 rings (SSSR count). The van der Waals surface area contributed by atoms with Crippen molar-refractivity contribution < 1.29 is 13.2 Å². The van der Waals surface area contributed by atoms with Crippen LogP contribution in [-0.2, 0) is 13.1 Å². The summed E-state index contributed by atoms with van der Waals surface area (Å²) in [6.07, 6.45) is -2.40. The molecule has 1 heterocycles. The molecule has 8 heteroatoms. The fourth-order valence-corrected chi connectivity index (χ4v) is 1.68. The molecule has 0 aliphatic carbocycles. The fourth-order valence-electron chi connectivity index (χ4n) is 1.68. The van der Waals surface area contributed by atoms with Crippen LogP contribution in [0.15, 0.2) is 6.20 Å². The fraction of sp³-hybridized carbons (Fsp3) is 0.833. The quantitative estimate of drug-likeness (QED) is 0.792. The van der Waals surface area contributed by atoms with Crippen molar-refractivity contribution >= 4 is 0 Å². The van der Waals surface area contributed by atoms with E-state index in [0.29, 0.717) is 32.2 Å². The molecule has 116 valence electrons. The lowest BCUT2D eigenvalue weighted by atomic mass is 10.3. The van der Waals surface area contributed by atoms with Gasteiger partial charge in [0.1, 0.15) is 0 Å². The SMILES string of the molecule is CCN(CCn1cc(CNC(C)C)nn1)CC(F)(F)F. The number of hydrogen-bond acceptors (Lipinski definition) is 4. The monoisotopic (exact) mass is 293 g/mol. The van der Waals surface area contributed by atoms with Crippen LogP contribution in [0.1, 0.15) is 26.5 Å². The number of nitrogens with one attached hydrogen (secondary N) is 1. The van der Waals surface area contributed by atoms with Gasteiger partial charge < -0.3 is 5.32 Å². The molecule has 0 saturated carbocycles. The molecule has 0 saturated heterocycles. The molecule has 0 aliphatic heterocycles. The van der Waals surface area contributed by atoms with Crippen LogP contribution in [0.2, 0.25) is 0 Å². The first-order valence-electron chi connectivity index (χ1n) is 6.71. The molecule has 0 bridgehead atoms. The Morgan fingerprint density at radius 3 is 2.65 bits per heavy atom. The summed E-state index contributed by atoms with van der Waals surface area (Å²) in [6.45, 7) is 6.55. The van der Waals surface area contributed by atoms with E-state index in [4.69, 9.17) is 0 Å². The summed E-state index contributed by atoms with van der Waals surface area (Å²) in [5.41, 5.74) is 0.789. The zero-order valence-electron chi connectivity index (χ0n) is 12.1. The molecular formula is C12H22F3N5. The largest absolute Gasteiger partial charge is 0.401 e. The van der Waals surface area contributed by atoms with Gasteiger partial charge in [-0.3, -0.25) is 9.58 Å². The van der Waals surface area contributed by atoms with Crippen molar-refractivity contribution in [2.24, 2.45) is 0 Å². The summed E-state index contributed by atoms with van der Waals surface area (Å²) in [4.78, 5) is 1.34. The molecular weight excluding hydrogens is 271 g/mol. The molecule has 0 fully saturated rings. The summed E-state index contributed by atoms with van der Waals surface area (Å²) in [7, 11) is 0. The molecule has 20 heavy (non-hydrogen) atoms. The highest BCUT2D eigenvalue weighted by atomic mass is 19.4. The van der Waals surface area contributed by atoms with Crippen molar-refractivity contribution in [1.82, 2.24) is 25.2 Å². The second-order valence-corrected chi connectivity index (χ2v) is 4.99. The van der Waals surface area contributed by atoms with Crippen molar-refractivity contribution in [2.75, 3.05) is 19.6 Å². The first kappa shape index (κ1) is 16.9. The van der Waals surface area contributed by atoms with Crippen molar-refractivity contribution in [3.8, 4) is 0 Å². The Kier molecular flexibility index (Phi) is 6.41. The standard InChI is InChI=1S/C12H22F3N5/c1-4-19(9-12(13,14)15)5-6-20-8-11(17-18-20)7-16-10(2)3/h8,10,16H,4-7,9H2,1-3H3. The van der Waals surface area contributed by atoms with Crippen LogP contribution in [0.25, 0.3) is 0 Å². The van der Waals surface area contributed by atoms with E-state index in [1.54, 1.807) is 17.8 Å². The molecule has 0 amide bonds. The van der Waals surface area contributed by atoms with Gasteiger partial charge in [0.2, 0.25) is 0 Å². The van der Waals surface area contributed by atoms with Crippen molar-refractivity contribution in [3.05, 3.63) is 11.9 Å². The molecule has 0 aromatic carbocycles. The zero-order valence-corrected chi connectivity index (χ0v) is 12.1. The van der Waals surface area contributed by atoms with Crippen LogP contribution < -0.4 is 5.32 Å². The first-order chi connectivity index (χ1) is 9.30. The lowest BCUT2D eigenvalue weighted by molar-refractivity contribution is -0.145. The Morgan fingerprint density at radius 1 is 1.40 bits per heavy atom. The van der Waals surface area contributed by atoms with Crippen LogP contribution in [0.4, 0.5) is 13.2 Å². The minimum atomic E-state index is -4.16. The second-order valence-electron chi connectivity index (χ2n) is 4.99. The Morgan fingerprint density at radius 2 is 2.10 bits per heavy atom.